The van der Waals surface area contributed by atoms with Crippen LogP contribution in [0, 0.1) is 11.3 Å². The summed E-state index contributed by atoms with van der Waals surface area (Å²) in [4.78, 5) is 40.3. The average molecular weight is 543 g/mol. The summed E-state index contributed by atoms with van der Waals surface area (Å²) in [7, 11) is 2.35. The van der Waals surface area contributed by atoms with Crippen molar-refractivity contribution in [1.82, 2.24) is 0 Å². The van der Waals surface area contributed by atoms with Crippen molar-refractivity contribution in [2.75, 3.05) is 24.4 Å². The van der Waals surface area contributed by atoms with Crippen molar-refractivity contribution in [3.05, 3.63) is 118 Å². The zero-order chi connectivity index (χ0) is 28.1. The standard InChI is InChI=1S/C29H23ClN4O5/c1-38-28(36)24-23(17-7-4-3-5-8-17)22(16-31)26(32)34(25(24)29(37)39-2)21-13-11-18(12-14-21)27(35)33-20-10-6-9-19(30)15-20/h3-15,23H,32H2,1-2H3,(H,33,35). The molecule has 1 unspecified atom stereocenters. The normalized spacial score (nSPS) is 14.9. The summed E-state index contributed by atoms with van der Waals surface area (Å²) in [6.07, 6.45) is 0. The Morgan fingerprint density at radius 3 is 2.21 bits per heavy atom. The van der Waals surface area contributed by atoms with E-state index in [4.69, 9.17) is 26.8 Å². The number of halogens is 1. The molecule has 9 nitrogen and oxygen atoms in total. The molecule has 0 aliphatic carbocycles. The fourth-order valence-electron chi connectivity index (χ4n) is 4.31. The number of hydrogen-bond donors (Lipinski definition) is 2. The molecule has 4 rings (SSSR count). The minimum Gasteiger partial charge on any atom is -0.466 e. The maximum atomic E-state index is 13.1. The van der Waals surface area contributed by atoms with Crippen molar-refractivity contribution in [1.29, 1.82) is 5.26 Å². The van der Waals surface area contributed by atoms with E-state index in [9.17, 15) is 19.6 Å². The maximum Gasteiger partial charge on any atom is 0.355 e. The number of nitrogens with two attached hydrogens (primary N) is 1. The average Bonchev–Trinajstić information content (AvgIpc) is 2.96. The van der Waals surface area contributed by atoms with Gasteiger partial charge in [0.05, 0.1) is 37.4 Å². The lowest BCUT2D eigenvalue weighted by Gasteiger charge is -2.35. The number of nitrogens with zero attached hydrogens (tertiary/aromatic N) is 2. The topological polar surface area (TPSA) is 135 Å². The van der Waals surface area contributed by atoms with Crippen LogP contribution in [0.15, 0.2) is 102 Å². The Bertz CT molecular complexity index is 1540. The van der Waals surface area contributed by atoms with Crippen LogP contribution in [0.1, 0.15) is 21.8 Å². The Morgan fingerprint density at radius 2 is 1.62 bits per heavy atom. The molecule has 10 heteroatoms. The predicted molar refractivity (Wildman–Crippen MR) is 145 cm³/mol. The summed E-state index contributed by atoms with van der Waals surface area (Å²) >= 11 is 5.99. The van der Waals surface area contributed by atoms with E-state index < -0.39 is 23.8 Å². The third-order valence-corrected chi connectivity index (χ3v) is 6.32. The van der Waals surface area contributed by atoms with Gasteiger partial charge < -0.3 is 20.5 Å². The third-order valence-electron chi connectivity index (χ3n) is 6.08. The zero-order valence-electron chi connectivity index (χ0n) is 21.0. The quantitative estimate of drug-likeness (QED) is 0.435. The van der Waals surface area contributed by atoms with E-state index in [1.54, 1.807) is 54.6 Å². The highest BCUT2D eigenvalue weighted by molar-refractivity contribution is 6.31. The first-order valence-electron chi connectivity index (χ1n) is 11.6. The molecule has 196 valence electrons. The Balaban J connectivity index is 1.82. The molecule has 3 N–H and O–H groups in total. The molecule has 3 aromatic rings. The number of carbonyl (C=O) groups excluding carboxylic acids is 3. The smallest absolute Gasteiger partial charge is 0.355 e. The van der Waals surface area contributed by atoms with Gasteiger partial charge in [0.2, 0.25) is 0 Å². The summed E-state index contributed by atoms with van der Waals surface area (Å²) in [5, 5.41) is 13.3. The van der Waals surface area contributed by atoms with Crippen LogP contribution < -0.4 is 16.0 Å². The Labute approximate surface area is 229 Å². The van der Waals surface area contributed by atoms with Crippen LogP contribution in [-0.2, 0) is 19.1 Å². The second-order valence-electron chi connectivity index (χ2n) is 8.35. The fraction of sp³-hybridized carbons (Fsp3) is 0.103. The van der Waals surface area contributed by atoms with Gasteiger partial charge in [-0.25, -0.2) is 9.59 Å². The minimum absolute atomic E-state index is 0.0389. The monoisotopic (exact) mass is 542 g/mol. The number of carbonyl (C=O) groups is 3. The van der Waals surface area contributed by atoms with E-state index in [-0.39, 0.29) is 22.7 Å². The van der Waals surface area contributed by atoms with Gasteiger partial charge in [-0.1, -0.05) is 48.0 Å². The highest BCUT2D eigenvalue weighted by Gasteiger charge is 2.42. The first kappa shape index (κ1) is 27.0. The molecule has 39 heavy (non-hydrogen) atoms. The van der Waals surface area contributed by atoms with Gasteiger partial charge >= 0.3 is 11.9 Å². The molecule has 3 aromatic carbocycles. The van der Waals surface area contributed by atoms with E-state index in [1.165, 1.54) is 43.4 Å². The molecular formula is C29H23ClN4O5. The van der Waals surface area contributed by atoms with Crippen molar-refractivity contribution in [2.24, 2.45) is 5.73 Å². The number of nitriles is 1. The molecule has 0 spiro atoms. The van der Waals surface area contributed by atoms with Crippen LogP contribution in [0.25, 0.3) is 0 Å². The second-order valence-corrected chi connectivity index (χ2v) is 8.78. The maximum absolute atomic E-state index is 13.1. The lowest BCUT2D eigenvalue weighted by molar-refractivity contribution is -0.139. The SMILES string of the molecule is COC(=O)C1=C(C(=O)OC)N(c2ccc(C(=O)Nc3cccc(Cl)c3)cc2)C(N)=C(C#N)C1c1ccccc1. The minimum atomic E-state index is -0.975. The third kappa shape index (κ3) is 5.32. The van der Waals surface area contributed by atoms with Crippen molar-refractivity contribution < 1.29 is 23.9 Å². The highest BCUT2D eigenvalue weighted by Crippen LogP contribution is 2.43. The Kier molecular flexibility index (Phi) is 7.98. The number of anilines is 2. The van der Waals surface area contributed by atoms with Gasteiger partial charge in [0.1, 0.15) is 11.5 Å². The Hall–Kier alpha value is -5.07. The molecule has 0 saturated carbocycles. The van der Waals surface area contributed by atoms with Gasteiger partial charge in [0, 0.05) is 22.0 Å². The first-order chi connectivity index (χ1) is 18.8. The number of nitrogens with one attached hydrogen (secondary N) is 1. The molecule has 0 aromatic heterocycles. The molecule has 1 atom stereocenters. The number of amides is 1. The van der Waals surface area contributed by atoms with Crippen molar-refractivity contribution in [3.63, 3.8) is 0 Å². The molecule has 1 amide bonds. The number of ether oxygens (including phenoxy) is 2. The van der Waals surface area contributed by atoms with Crippen LogP contribution in [0.2, 0.25) is 5.02 Å². The second kappa shape index (κ2) is 11.5. The van der Waals surface area contributed by atoms with Crippen LogP contribution >= 0.6 is 11.6 Å². The van der Waals surface area contributed by atoms with E-state index in [0.29, 0.717) is 27.5 Å². The largest absolute Gasteiger partial charge is 0.466 e. The lowest BCUT2D eigenvalue weighted by Crippen LogP contribution is -2.40. The van der Waals surface area contributed by atoms with Gasteiger partial charge in [-0.05, 0) is 48.0 Å². The summed E-state index contributed by atoms with van der Waals surface area (Å²) in [5.41, 5.74) is 7.92. The molecule has 0 fully saturated rings. The van der Waals surface area contributed by atoms with Crippen molar-refractivity contribution >= 4 is 40.8 Å². The molecule has 1 heterocycles. The molecule has 1 aliphatic rings. The summed E-state index contributed by atoms with van der Waals surface area (Å²) in [6.45, 7) is 0. The van der Waals surface area contributed by atoms with Crippen molar-refractivity contribution in [3.8, 4) is 6.07 Å². The molecule has 0 radical (unpaired) electrons. The number of benzene rings is 3. The van der Waals surface area contributed by atoms with Crippen molar-refractivity contribution in [2.45, 2.75) is 5.92 Å². The number of esters is 2. The predicted octanol–water partition coefficient (Wildman–Crippen LogP) is 4.49. The molecular weight excluding hydrogens is 520 g/mol. The van der Waals surface area contributed by atoms with Gasteiger partial charge in [0.15, 0.2) is 0 Å². The number of hydrogen-bond acceptors (Lipinski definition) is 8. The number of methoxy groups -OCH3 is 2. The van der Waals surface area contributed by atoms with Crippen LogP contribution in [-0.4, -0.2) is 32.1 Å². The number of allylic oxidation sites excluding steroid dienone is 1. The fourth-order valence-corrected chi connectivity index (χ4v) is 4.50. The van der Waals surface area contributed by atoms with Gasteiger partial charge in [-0.2, -0.15) is 5.26 Å². The van der Waals surface area contributed by atoms with Gasteiger partial charge in [0.25, 0.3) is 5.91 Å². The lowest BCUT2D eigenvalue weighted by atomic mass is 9.81. The van der Waals surface area contributed by atoms with E-state index in [1.807, 2.05) is 0 Å². The summed E-state index contributed by atoms with van der Waals surface area (Å²) in [6, 6.07) is 23.6. The molecule has 0 bridgehead atoms. The van der Waals surface area contributed by atoms with Crippen LogP contribution in [0.4, 0.5) is 11.4 Å². The van der Waals surface area contributed by atoms with E-state index in [2.05, 4.69) is 11.4 Å². The summed E-state index contributed by atoms with van der Waals surface area (Å²) < 4.78 is 10.1. The van der Waals surface area contributed by atoms with Crippen LogP contribution in [0.5, 0.6) is 0 Å². The van der Waals surface area contributed by atoms with Gasteiger partial charge in [-0.3, -0.25) is 9.69 Å². The molecule has 0 saturated heterocycles. The van der Waals surface area contributed by atoms with Gasteiger partial charge in [-0.15, -0.1) is 0 Å². The number of rotatable bonds is 6. The summed E-state index contributed by atoms with van der Waals surface area (Å²) in [5.74, 6) is -3.13. The molecule has 1 aliphatic heterocycles. The zero-order valence-corrected chi connectivity index (χ0v) is 21.7. The Morgan fingerprint density at radius 1 is 0.949 bits per heavy atom. The van der Waals surface area contributed by atoms with E-state index in [0.717, 1.165) is 0 Å². The van der Waals surface area contributed by atoms with E-state index >= 15 is 0 Å². The highest BCUT2D eigenvalue weighted by atomic mass is 35.5. The first-order valence-corrected chi connectivity index (χ1v) is 12.0. The van der Waals surface area contributed by atoms with Crippen LogP contribution in [0.3, 0.4) is 0 Å².